The Morgan fingerprint density at radius 2 is 1.59 bits per heavy atom. The first-order valence-electron chi connectivity index (χ1n) is 8.98. The van der Waals surface area contributed by atoms with Crippen molar-refractivity contribution in [2.45, 2.75) is 13.3 Å². The molecule has 1 N–H and O–H groups in total. The maximum Gasteiger partial charge on any atom is 0.310 e. The van der Waals surface area contributed by atoms with Crippen LogP contribution in [0, 0.1) is 0 Å². The number of esters is 1. The monoisotopic (exact) mass is 403 g/mol. The molecule has 0 unspecified atom stereocenters. The third-order valence-electron chi connectivity index (χ3n) is 3.90. The van der Waals surface area contributed by atoms with Gasteiger partial charge in [0.1, 0.15) is 5.75 Å². The molecule has 29 heavy (non-hydrogen) atoms. The second-order valence-electron chi connectivity index (χ2n) is 5.85. The van der Waals surface area contributed by atoms with Crippen molar-refractivity contribution in [3.63, 3.8) is 0 Å². The van der Waals surface area contributed by atoms with E-state index in [2.05, 4.69) is 5.32 Å². The lowest BCUT2D eigenvalue weighted by Crippen LogP contribution is -2.22. The van der Waals surface area contributed by atoms with E-state index in [1.54, 1.807) is 36.4 Å². The van der Waals surface area contributed by atoms with Gasteiger partial charge in [0.05, 0.1) is 40.0 Å². The standard InChI is InChI=1S/C21H25NO7/c1-5-28-16-9-7-6-8-15(16)22-19(23)13-29-20(24)12-14-10-17(25-2)21(27-4)18(11-14)26-3/h6-11H,5,12-13H2,1-4H3,(H,22,23). The average molecular weight is 403 g/mol. The number of ether oxygens (including phenoxy) is 5. The zero-order valence-electron chi connectivity index (χ0n) is 16.9. The van der Waals surface area contributed by atoms with Gasteiger partial charge in [-0.2, -0.15) is 0 Å². The lowest BCUT2D eigenvalue weighted by Gasteiger charge is -2.14. The Morgan fingerprint density at radius 1 is 0.931 bits per heavy atom. The number of para-hydroxylation sites is 2. The number of benzene rings is 2. The fourth-order valence-corrected chi connectivity index (χ4v) is 2.64. The number of hydrogen-bond donors (Lipinski definition) is 1. The Kier molecular flexibility index (Phi) is 8.14. The Labute approximate surface area is 169 Å². The molecule has 0 bridgehead atoms. The van der Waals surface area contributed by atoms with Gasteiger partial charge in [0.2, 0.25) is 5.75 Å². The Morgan fingerprint density at radius 3 is 2.17 bits per heavy atom. The quantitative estimate of drug-likeness (QED) is 0.610. The van der Waals surface area contributed by atoms with Crippen LogP contribution < -0.4 is 24.3 Å². The highest BCUT2D eigenvalue weighted by Gasteiger charge is 2.16. The Hall–Kier alpha value is -3.42. The average Bonchev–Trinajstić information content (AvgIpc) is 2.73. The van der Waals surface area contributed by atoms with Crippen LogP contribution in [-0.4, -0.2) is 46.4 Å². The molecule has 0 aliphatic rings. The SMILES string of the molecule is CCOc1ccccc1NC(=O)COC(=O)Cc1cc(OC)c(OC)c(OC)c1. The number of amides is 1. The van der Waals surface area contributed by atoms with Crippen LogP contribution in [0.15, 0.2) is 36.4 Å². The van der Waals surface area contributed by atoms with Gasteiger partial charge in [0.25, 0.3) is 5.91 Å². The predicted octanol–water partition coefficient (Wildman–Crippen LogP) is 2.84. The van der Waals surface area contributed by atoms with Gasteiger partial charge in [-0.1, -0.05) is 12.1 Å². The summed E-state index contributed by atoms with van der Waals surface area (Å²) in [6.07, 6.45) is -0.0560. The summed E-state index contributed by atoms with van der Waals surface area (Å²) in [4.78, 5) is 24.3. The molecule has 1 amide bonds. The first kappa shape index (κ1) is 21.9. The molecule has 0 aliphatic heterocycles. The van der Waals surface area contributed by atoms with E-state index in [-0.39, 0.29) is 6.42 Å². The van der Waals surface area contributed by atoms with Crippen molar-refractivity contribution < 1.29 is 33.3 Å². The molecule has 0 heterocycles. The summed E-state index contributed by atoms with van der Waals surface area (Å²) >= 11 is 0. The predicted molar refractivity (Wildman–Crippen MR) is 107 cm³/mol. The first-order chi connectivity index (χ1) is 14.0. The van der Waals surface area contributed by atoms with Crippen LogP contribution >= 0.6 is 0 Å². The van der Waals surface area contributed by atoms with E-state index in [0.29, 0.717) is 40.9 Å². The number of carbonyl (C=O) groups excluding carboxylic acids is 2. The van der Waals surface area contributed by atoms with Crippen molar-refractivity contribution in [2.24, 2.45) is 0 Å². The Balaban J connectivity index is 1.95. The highest BCUT2D eigenvalue weighted by Crippen LogP contribution is 2.38. The molecule has 2 aromatic rings. The van der Waals surface area contributed by atoms with Crippen LogP contribution in [0.2, 0.25) is 0 Å². The van der Waals surface area contributed by atoms with Crippen LogP contribution in [0.1, 0.15) is 12.5 Å². The minimum Gasteiger partial charge on any atom is -0.493 e. The van der Waals surface area contributed by atoms with Gasteiger partial charge in [-0.05, 0) is 36.8 Å². The van der Waals surface area contributed by atoms with Crippen LogP contribution in [0.4, 0.5) is 5.69 Å². The number of carbonyl (C=O) groups is 2. The second kappa shape index (κ2) is 10.8. The fraction of sp³-hybridized carbons (Fsp3) is 0.333. The highest BCUT2D eigenvalue weighted by atomic mass is 16.5. The molecule has 156 valence electrons. The lowest BCUT2D eigenvalue weighted by molar-refractivity contribution is -0.146. The summed E-state index contributed by atoms with van der Waals surface area (Å²) in [5.41, 5.74) is 1.12. The molecular weight excluding hydrogens is 378 g/mol. The number of hydrogen-bond acceptors (Lipinski definition) is 7. The lowest BCUT2D eigenvalue weighted by atomic mass is 10.1. The third-order valence-corrected chi connectivity index (χ3v) is 3.90. The van der Waals surface area contributed by atoms with Gasteiger partial charge >= 0.3 is 5.97 Å². The van der Waals surface area contributed by atoms with Crippen LogP contribution in [0.3, 0.4) is 0 Å². The van der Waals surface area contributed by atoms with Crippen molar-refractivity contribution in [1.82, 2.24) is 0 Å². The molecule has 0 saturated carbocycles. The molecular formula is C21H25NO7. The number of nitrogens with one attached hydrogen (secondary N) is 1. The van der Waals surface area contributed by atoms with Gasteiger partial charge < -0.3 is 29.0 Å². The second-order valence-corrected chi connectivity index (χ2v) is 5.85. The molecule has 0 saturated heterocycles. The summed E-state index contributed by atoms with van der Waals surface area (Å²) in [6, 6.07) is 10.3. The zero-order valence-corrected chi connectivity index (χ0v) is 16.9. The number of anilines is 1. The number of rotatable bonds is 10. The van der Waals surface area contributed by atoms with E-state index in [1.165, 1.54) is 21.3 Å². The van der Waals surface area contributed by atoms with Gasteiger partial charge in [-0.25, -0.2) is 0 Å². The van der Waals surface area contributed by atoms with Crippen LogP contribution in [0.5, 0.6) is 23.0 Å². The van der Waals surface area contributed by atoms with Crippen molar-refractivity contribution >= 4 is 17.6 Å². The molecule has 8 nitrogen and oxygen atoms in total. The molecule has 0 aliphatic carbocycles. The molecule has 0 fully saturated rings. The van der Waals surface area contributed by atoms with Crippen molar-refractivity contribution in [2.75, 3.05) is 39.9 Å². The van der Waals surface area contributed by atoms with Gasteiger partial charge in [0.15, 0.2) is 18.1 Å². The zero-order chi connectivity index (χ0) is 21.2. The maximum absolute atomic E-state index is 12.2. The smallest absolute Gasteiger partial charge is 0.310 e. The summed E-state index contributed by atoms with van der Waals surface area (Å²) in [5.74, 6) is 0.814. The van der Waals surface area contributed by atoms with E-state index in [9.17, 15) is 9.59 Å². The summed E-state index contributed by atoms with van der Waals surface area (Å²) < 4.78 is 26.3. The first-order valence-corrected chi connectivity index (χ1v) is 8.98. The van der Waals surface area contributed by atoms with E-state index in [1.807, 2.05) is 6.92 Å². The van der Waals surface area contributed by atoms with Crippen LogP contribution in [-0.2, 0) is 20.7 Å². The summed E-state index contributed by atoms with van der Waals surface area (Å²) in [6.45, 7) is 1.91. The molecule has 0 radical (unpaired) electrons. The third kappa shape index (κ3) is 6.03. The molecule has 0 spiro atoms. The normalized spacial score (nSPS) is 10.1. The minimum absolute atomic E-state index is 0.0560. The van der Waals surface area contributed by atoms with E-state index >= 15 is 0 Å². The van der Waals surface area contributed by atoms with E-state index < -0.39 is 18.5 Å². The van der Waals surface area contributed by atoms with Crippen molar-refractivity contribution in [3.8, 4) is 23.0 Å². The van der Waals surface area contributed by atoms with Crippen molar-refractivity contribution in [3.05, 3.63) is 42.0 Å². The van der Waals surface area contributed by atoms with Gasteiger partial charge in [-0.15, -0.1) is 0 Å². The van der Waals surface area contributed by atoms with E-state index in [4.69, 9.17) is 23.7 Å². The molecule has 2 rings (SSSR count). The molecule has 2 aromatic carbocycles. The van der Waals surface area contributed by atoms with E-state index in [0.717, 1.165) is 0 Å². The highest BCUT2D eigenvalue weighted by molar-refractivity contribution is 5.94. The van der Waals surface area contributed by atoms with Crippen molar-refractivity contribution in [1.29, 1.82) is 0 Å². The van der Waals surface area contributed by atoms with Gasteiger partial charge in [0, 0.05) is 0 Å². The largest absolute Gasteiger partial charge is 0.493 e. The summed E-state index contributed by atoms with van der Waals surface area (Å²) in [5, 5.41) is 2.67. The van der Waals surface area contributed by atoms with Crippen LogP contribution in [0.25, 0.3) is 0 Å². The Bertz CT molecular complexity index is 826. The molecule has 0 aromatic heterocycles. The molecule has 8 heteroatoms. The van der Waals surface area contributed by atoms with Gasteiger partial charge in [-0.3, -0.25) is 9.59 Å². The minimum atomic E-state index is -0.562. The topological polar surface area (TPSA) is 92.3 Å². The number of methoxy groups -OCH3 is 3. The molecule has 0 atom stereocenters. The summed E-state index contributed by atoms with van der Waals surface area (Å²) in [7, 11) is 4.48. The fourth-order valence-electron chi connectivity index (χ4n) is 2.64. The maximum atomic E-state index is 12.2.